The van der Waals surface area contributed by atoms with Gasteiger partial charge in [-0.3, -0.25) is 9.78 Å². The zero-order valence-corrected chi connectivity index (χ0v) is 20.5. The van der Waals surface area contributed by atoms with E-state index in [-0.39, 0.29) is 11.7 Å². The van der Waals surface area contributed by atoms with Crippen LogP contribution in [0.15, 0.2) is 65.3 Å². The highest BCUT2D eigenvalue weighted by atomic mass is 32.2. The Bertz CT molecular complexity index is 1330. The van der Waals surface area contributed by atoms with Gasteiger partial charge in [0.2, 0.25) is 0 Å². The largest absolute Gasteiger partial charge is 0.493 e. The van der Waals surface area contributed by atoms with Crippen molar-refractivity contribution in [3.05, 3.63) is 77.6 Å². The van der Waals surface area contributed by atoms with Gasteiger partial charge in [0.1, 0.15) is 0 Å². The van der Waals surface area contributed by atoms with Gasteiger partial charge in [-0.05, 0) is 68.0 Å². The summed E-state index contributed by atoms with van der Waals surface area (Å²) >= 11 is 0. The molecule has 8 nitrogen and oxygen atoms in total. The summed E-state index contributed by atoms with van der Waals surface area (Å²) in [6.07, 6.45) is 7.85. The molecule has 2 aromatic carbocycles. The van der Waals surface area contributed by atoms with Crippen LogP contribution in [0.3, 0.4) is 0 Å². The molecule has 0 atom stereocenters. The SMILES string of the molecule is COc1ccc(N(Cc2cccnc2)c2cccc(C)c2C(=O)N=S(=O)=O)cc1OC1CCCC1. The standard InChI is InChI=1S/C26H27N3O5S/c1-18-7-5-11-22(25(18)26(30)28-35(31)32)29(17-19-8-6-14-27-16-19)20-12-13-23(33-2)24(15-20)34-21-9-3-4-10-21/h5-8,11-16,21H,3-4,9-10,17H2,1-2H3. The number of carbonyl (C=O) groups excluding carboxylic acids is 1. The van der Waals surface area contributed by atoms with Crippen LogP contribution in [0.5, 0.6) is 11.5 Å². The predicted octanol–water partition coefficient (Wildman–Crippen LogP) is 5.26. The third-order valence-corrected chi connectivity index (χ3v) is 6.35. The Morgan fingerprint density at radius 3 is 2.60 bits per heavy atom. The summed E-state index contributed by atoms with van der Waals surface area (Å²) in [5.41, 5.74) is 3.03. The molecule has 1 aliphatic rings. The Labute approximate surface area is 206 Å². The van der Waals surface area contributed by atoms with Gasteiger partial charge >= 0.3 is 10.5 Å². The van der Waals surface area contributed by atoms with Crippen molar-refractivity contribution in [2.24, 2.45) is 4.36 Å². The second-order valence-electron chi connectivity index (χ2n) is 8.39. The topological polar surface area (TPSA) is 98.2 Å². The molecule has 182 valence electrons. The molecular formula is C26H27N3O5S. The molecule has 0 N–H and O–H groups in total. The van der Waals surface area contributed by atoms with E-state index in [4.69, 9.17) is 9.47 Å². The minimum absolute atomic E-state index is 0.132. The van der Waals surface area contributed by atoms with Crippen LogP contribution in [-0.4, -0.2) is 32.5 Å². The van der Waals surface area contributed by atoms with Crippen molar-refractivity contribution in [3.8, 4) is 11.5 Å². The number of ether oxygens (including phenoxy) is 2. The quantitative estimate of drug-likeness (QED) is 0.422. The van der Waals surface area contributed by atoms with Crippen molar-refractivity contribution < 1.29 is 22.7 Å². The van der Waals surface area contributed by atoms with Crippen molar-refractivity contribution in [1.29, 1.82) is 0 Å². The van der Waals surface area contributed by atoms with Gasteiger partial charge < -0.3 is 14.4 Å². The number of carbonyl (C=O) groups is 1. The maximum atomic E-state index is 12.8. The van der Waals surface area contributed by atoms with Crippen molar-refractivity contribution >= 4 is 27.8 Å². The number of pyridine rings is 1. The maximum absolute atomic E-state index is 12.8. The Kier molecular flexibility index (Phi) is 7.77. The van der Waals surface area contributed by atoms with E-state index in [1.807, 2.05) is 41.3 Å². The van der Waals surface area contributed by atoms with Crippen LogP contribution >= 0.6 is 0 Å². The zero-order chi connectivity index (χ0) is 24.8. The smallest absolute Gasteiger partial charge is 0.319 e. The second kappa shape index (κ2) is 11.1. The number of benzene rings is 2. The van der Waals surface area contributed by atoms with Crippen molar-refractivity contribution in [2.75, 3.05) is 12.0 Å². The highest BCUT2D eigenvalue weighted by Gasteiger charge is 2.23. The molecule has 1 fully saturated rings. The molecule has 0 bridgehead atoms. The Morgan fingerprint density at radius 2 is 1.91 bits per heavy atom. The van der Waals surface area contributed by atoms with E-state index in [1.165, 1.54) is 0 Å². The summed E-state index contributed by atoms with van der Waals surface area (Å²) in [5, 5.41) is 0. The second-order valence-corrected chi connectivity index (χ2v) is 9.01. The van der Waals surface area contributed by atoms with Gasteiger partial charge in [0.15, 0.2) is 11.5 Å². The van der Waals surface area contributed by atoms with Crippen molar-refractivity contribution in [2.45, 2.75) is 45.3 Å². The number of aryl methyl sites for hydroxylation is 1. The Balaban J connectivity index is 1.84. The zero-order valence-electron chi connectivity index (χ0n) is 19.7. The molecule has 0 saturated heterocycles. The fourth-order valence-corrected chi connectivity index (χ4v) is 4.60. The number of rotatable bonds is 8. The van der Waals surface area contributed by atoms with Gasteiger partial charge in [-0.1, -0.05) is 22.6 Å². The van der Waals surface area contributed by atoms with Gasteiger partial charge in [-0.15, -0.1) is 0 Å². The maximum Gasteiger partial charge on any atom is 0.319 e. The van der Waals surface area contributed by atoms with Crippen LogP contribution in [-0.2, 0) is 17.0 Å². The number of anilines is 2. The van der Waals surface area contributed by atoms with Gasteiger partial charge in [-0.2, -0.15) is 8.42 Å². The molecule has 0 unspecified atom stereocenters. The van der Waals surface area contributed by atoms with Gasteiger partial charge in [0.25, 0.3) is 5.91 Å². The van der Waals surface area contributed by atoms with Crippen LogP contribution in [0.2, 0.25) is 0 Å². The lowest BCUT2D eigenvalue weighted by Crippen LogP contribution is -2.20. The van der Waals surface area contributed by atoms with Crippen LogP contribution < -0.4 is 14.4 Å². The van der Waals surface area contributed by atoms with Gasteiger partial charge in [0.05, 0.1) is 24.5 Å². The monoisotopic (exact) mass is 493 g/mol. The van der Waals surface area contributed by atoms with E-state index in [1.54, 1.807) is 38.6 Å². The fourth-order valence-electron chi connectivity index (χ4n) is 4.37. The predicted molar refractivity (Wildman–Crippen MR) is 133 cm³/mol. The minimum Gasteiger partial charge on any atom is -0.493 e. The normalized spacial score (nSPS) is 13.3. The molecule has 3 aromatic rings. The molecule has 0 radical (unpaired) electrons. The molecule has 1 amide bonds. The number of nitrogens with zero attached hydrogens (tertiary/aromatic N) is 3. The molecule has 9 heteroatoms. The third-order valence-electron chi connectivity index (χ3n) is 6.03. The van der Waals surface area contributed by atoms with E-state index in [2.05, 4.69) is 9.35 Å². The number of amides is 1. The summed E-state index contributed by atoms with van der Waals surface area (Å²) in [5.74, 6) is 0.428. The van der Waals surface area contributed by atoms with E-state index in [9.17, 15) is 13.2 Å². The molecule has 4 rings (SSSR count). The first-order chi connectivity index (χ1) is 17.0. The fraction of sp³-hybridized carbons (Fsp3) is 0.308. The van der Waals surface area contributed by atoms with Crippen LogP contribution in [0.1, 0.15) is 47.2 Å². The first kappa shape index (κ1) is 24.4. The molecule has 35 heavy (non-hydrogen) atoms. The molecule has 1 saturated carbocycles. The molecule has 0 aliphatic heterocycles. The summed E-state index contributed by atoms with van der Waals surface area (Å²) in [6.45, 7) is 2.14. The lowest BCUT2D eigenvalue weighted by molar-refractivity contribution is 0.100. The van der Waals surface area contributed by atoms with Crippen LogP contribution in [0, 0.1) is 6.92 Å². The third kappa shape index (κ3) is 5.86. The summed E-state index contributed by atoms with van der Waals surface area (Å²) in [7, 11) is -1.26. The van der Waals surface area contributed by atoms with Crippen molar-refractivity contribution in [3.63, 3.8) is 0 Å². The average Bonchev–Trinajstić information content (AvgIpc) is 3.35. The highest BCUT2D eigenvalue weighted by Crippen LogP contribution is 2.39. The van der Waals surface area contributed by atoms with Crippen LogP contribution in [0.25, 0.3) is 0 Å². The molecule has 1 heterocycles. The first-order valence-corrected chi connectivity index (χ1v) is 12.5. The van der Waals surface area contributed by atoms with Gasteiger partial charge in [-0.25, -0.2) is 0 Å². The molecular weight excluding hydrogens is 466 g/mol. The van der Waals surface area contributed by atoms with E-state index in [0.29, 0.717) is 29.3 Å². The number of hydrogen-bond acceptors (Lipinski definition) is 7. The lowest BCUT2D eigenvalue weighted by atomic mass is 10.0. The number of methoxy groups -OCH3 is 1. The summed E-state index contributed by atoms with van der Waals surface area (Å²) in [4.78, 5) is 19.0. The number of aromatic nitrogens is 1. The van der Waals surface area contributed by atoms with Gasteiger partial charge in [0, 0.05) is 30.7 Å². The average molecular weight is 494 g/mol. The Hall–Kier alpha value is -3.72. The van der Waals surface area contributed by atoms with Crippen LogP contribution in [0.4, 0.5) is 11.4 Å². The molecule has 0 spiro atoms. The summed E-state index contributed by atoms with van der Waals surface area (Å²) in [6, 6.07) is 14.8. The molecule has 1 aromatic heterocycles. The molecule has 1 aliphatic carbocycles. The summed E-state index contributed by atoms with van der Waals surface area (Å²) < 4.78 is 37.5. The van der Waals surface area contributed by atoms with E-state index in [0.717, 1.165) is 36.9 Å². The number of hydrogen-bond donors (Lipinski definition) is 0. The lowest BCUT2D eigenvalue weighted by Gasteiger charge is -2.28. The Morgan fingerprint density at radius 1 is 1.11 bits per heavy atom. The van der Waals surface area contributed by atoms with E-state index >= 15 is 0 Å². The van der Waals surface area contributed by atoms with E-state index < -0.39 is 16.4 Å². The highest BCUT2D eigenvalue weighted by molar-refractivity contribution is 7.62. The minimum atomic E-state index is -2.86. The van der Waals surface area contributed by atoms with Crippen molar-refractivity contribution in [1.82, 2.24) is 4.98 Å². The first-order valence-electron chi connectivity index (χ1n) is 11.4.